The first kappa shape index (κ1) is 33.4. The topological polar surface area (TPSA) is 261 Å². The molecular formula is C21H42N8O6S. The molecule has 5 unspecified atom stereocenters. The molecule has 208 valence electrons. The summed E-state index contributed by atoms with van der Waals surface area (Å²) in [5.74, 6) is -3.03. The highest BCUT2D eigenvalue weighted by atomic mass is 32.2. The zero-order valence-corrected chi connectivity index (χ0v) is 21.8. The van der Waals surface area contributed by atoms with E-state index in [9.17, 15) is 29.4 Å². The molecule has 0 aromatic rings. The fourth-order valence-electron chi connectivity index (χ4n) is 3.10. The standard InChI is InChI=1S/C21H42N8O6S/c1-12(30)16(29-17(31)13(23)6-3-4-9-22)19(33)27-14(7-5-10-26-21(24)25)18(32)28-15(20(34)35)8-11-36-2/h12-16,30H,3-11,22-23H2,1-2H3,(H,27,33)(H,28,32)(H,29,31)(H,34,35)(H4,24,25,26). The lowest BCUT2D eigenvalue weighted by molar-refractivity contribution is -0.142. The summed E-state index contributed by atoms with van der Waals surface area (Å²) in [4.78, 5) is 53.6. The Morgan fingerprint density at radius 1 is 0.917 bits per heavy atom. The van der Waals surface area contributed by atoms with Gasteiger partial charge in [0.1, 0.15) is 18.1 Å². The second-order valence-electron chi connectivity index (χ2n) is 8.31. The molecule has 0 aromatic heterocycles. The summed E-state index contributed by atoms with van der Waals surface area (Å²) in [5.41, 5.74) is 21.9. The monoisotopic (exact) mass is 534 g/mol. The largest absolute Gasteiger partial charge is 0.480 e. The number of nitrogens with zero attached hydrogens (tertiary/aromatic N) is 1. The lowest BCUT2D eigenvalue weighted by Crippen LogP contribution is -2.59. The van der Waals surface area contributed by atoms with Gasteiger partial charge in [-0.15, -0.1) is 0 Å². The zero-order chi connectivity index (χ0) is 27.7. The van der Waals surface area contributed by atoms with E-state index in [-0.39, 0.29) is 31.8 Å². The number of rotatable bonds is 19. The number of aliphatic hydroxyl groups is 1. The summed E-state index contributed by atoms with van der Waals surface area (Å²) in [5, 5.41) is 26.9. The van der Waals surface area contributed by atoms with E-state index in [0.717, 1.165) is 0 Å². The van der Waals surface area contributed by atoms with Crippen molar-refractivity contribution in [1.29, 1.82) is 0 Å². The molecule has 14 nitrogen and oxygen atoms in total. The van der Waals surface area contributed by atoms with Gasteiger partial charge in [0.25, 0.3) is 0 Å². The molecule has 0 saturated carbocycles. The van der Waals surface area contributed by atoms with Crippen LogP contribution in [0.2, 0.25) is 0 Å². The Kier molecular flexibility index (Phi) is 17.3. The number of aliphatic imine (C=N–C) groups is 1. The molecule has 0 aliphatic carbocycles. The molecular weight excluding hydrogens is 492 g/mol. The van der Waals surface area contributed by atoms with Gasteiger partial charge in [-0.2, -0.15) is 11.8 Å². The van der Waals surface area contributed by atoms with E-state index in [1.54, 1.807) is 0 Å². The number of aliphatic carboxylic acids is 1. The third-order valence-electron chi connectivity index (χ3n) is 5.17. The summed E-state index contributed by atoms with van der Waals surface area (Å²) in [6.07, 6.45) is 2.71. The zero-order valence-electron chi connectivity index (χ0n) is 20.9. The molecule has 0 rings (SSSR count). The van der Waals surface area contributed by atoms with Crippen LogP contribution in [0.25, 0.3) is 0 Å². The first-order chi connectivity index (χ1) is 16.9. The number of carbonyl (C=O) groups excluding carboxylic acids is 3. The molecule has 0 radical (unpaired) electrons. The Morgan fingerprint density at radius 2 is 1.56 bits per heavy atom. The number of guanidine groups is 1. The maximum absolute atomic E-state index is 12.9. The third kappa shape index (κ3) is 14.1. The first-order valence-corrected chi connectivity index (χ1v) is 13.2. The summed E-state index contributed by atoms with van der Waals surface area (Å²) in [6.45, 7) is 1.94. The van der Waals surface area contributed by atoms with E-state index in [4.69, 9.17) is 22.9 Å². The van der Waals surface area contributed by atoms with Crippen LogP contribution >= 0.6 is 11.8 Å². The number of thioether (sulfide) groups is 1. The second kappa shape index (κ2) is 18.6. The highest BCUT2D eigenvalue weighted by Gasteiger charge is 2.32. The van der Waals surface area contributed by atoms with Crippen molar-refractivity contribution >= 4 is 41.4 Å². The number of carboxylic acids is 1. The van der Waals surface area contributed by atoms with E-state index >= 15 is 0 Å². The Balaban J connectivity index is 5.46. The van der Waals surface area contributed by atoms with Crippen LogP contribution in [-0.4, -0.2) is 95.2 Å². The summed E-state index contributed by atoms with van der Waals surface area (Å²) in [6, 6.07) is -4.62. The molecule has 0 fully saturated rings. The minimum Gasteiger partial charge on any atom is -0.480 e. The number of unbranched alkanes of at least 4 members (excludes halogenated alkanes) is 1. The molecule has 0 aliphatic heterocycles. The lowest BCUT2D eigenvalue weighted by Gasteiger charge is -2.26. The van der Waals surface area contributed by atoms with Crippen molar-refractivity contribution < 1.29 is 29.4 Å². The number of hydrogen-bond donors (Lipinski definition) is 9. The predicted molar refractivity (Wildman–Crippen MR) is 139 cm³/mol. The average Bonchev–Trinajstić information content (AvgIpc) is 2.80. The Hall–Kier alpha value is -2.62. The van der Waals surface area contributed by atoms with Crippen LogP contribution in [0.5, 0.6) is 0 Å². The molecule has 0 saturated heterocycles. The number of carbonyl (C=O) groups is 4. The van der Waals surface area contributed by atoms with E-state index in [2.05, 4.69) is 20.9 Å². The van der Waals surface area contributed by atoms with Gasteiger partial charge in [-0.25, -0.2) is 4.79 Å². The molecule has 3 amide bonds. The molecule has 0 bridgehead atoms. The van der Waals surface area contributed by atoms with Gasteiger partial charge in [0, 0.05) is 6.54 Å². The number of nitrogens with two attached hydrogens (primary N) is 4. The molecule has 15 heteroatoms. The summed E-state index contributed by atoms with van der Waals surface area (Å²) in [7, 11) is 0. The van der Waals surface area contributed by atoms with Crippen LogP contribution in [0.1, 0.15) is 45.4 Å². The van der Waals surface area contributed by atoms with E-state index in [1.165, 1.54) is 18.7 Å². The van der Waals surface area contributed by atoms with Crippen molar-refractivity contribution in [2.45, 2.75) is 75.7 Å². The van der Waals surface area contributed by atoms with Crippen molar-refractivity contribution in [3.8, 4) is 0 Å². The molecule has 36 heavy (non-hydrogen) atoms. The number of nitrogens with one attached hydrogen (secondary N) is 3. The van der Waals surface area contributed by atoms with Gasteiger partial charge < -0.3 is 49.1 Å². The molecule has 13 N–H and O–H groups in total. The van der Waals surface area contributed by atoms with Crippen LogP contribution in [0.4, 0.5) is 0 Å². The van der Waals surface area contributed by atoms with Crippen molar-refractivity contribution in [2.24, 2.45) is 27.9 Å². The normalized spacial score (nSPS) is 15.0. The van der Waals surface area contributed by atoms with E-state index < -0.39 is 54.0 Å². The highest BCUT2D eigenvalue weighted by Crippen LogP contribution is 2.06. The maximum atomic E-state index is 12.9. The van der Waals surface area contributed by atoms with Gasteiger partial charge >= 0.3 is 5.97 Å². The van der Waals surface area contributed by atoms with Crippen LogP contribution < -0.4 is 38.9 Å². The summed E-state index contributed by atoms with van der Waals surface area (Å²) < 4.78 is 0. The Morgan fingerprint density at radius 3 is 2.08 bits per heavy atom. The smallest absolute Gasteiger partial charge is 0.326 e. The number of amides is 3. The van der Waals surface area contributed by atoms with Gasteiger partial charge in [0.2, 0.25) is 17.7 Å². The second-order valence-corrected chi connectivity index (χ2v) is 9.29. The van der Waals surface area contributed by atoms with Gasteiger partial charge in [-0.05, 0) is 57.6 Å². The van der Waals surface area contributed by atoms with Crippen LogP contribution in [0, 0.1) is 0 Å². The van der Waals surface area contributed by atoms with Crippen LogP contribution in [0.15, 0.2) is 4.99 Å². The van der Waals surface area contributed by atoms with Gasteiger partial charge in [0.05, 0.1) is 12.1 Å². The SMILES string of the molecule is CSCCC(NC(=O)C(CCCN=C(N)N)NC(=O)C(NC(=O)C(N)CCCCN)C(C)O)C(=O)O. The fraction of sp³-hybridized carbons (Fsp3) is 0.762. The average molecular weight is 535 g/mol. The van der Waals surface area contributed by atoms with Crippen LogP contribution in [-0.2, 0) is 19.2 Å². The van der Waals surface area contributed by atoms with Crippen molar-refractivity contribution in [2.75, 3.05) is 25.1 Å². The third-order valence-corrected chi connectivity index (χ3v) is 5.82. The van der Waals surface area contributed by atoms with Crippen LogP contribution in [0.3, 0.4) is 0 Å². The maximum Gasteiger partial charge on any atom is 0.326 e. The fourth-order valence-corrected chi connectivity index (χ4v) is 3.58. The minimum absolute atomic E-state index is 0.0717. The highest BCUT2D eigenvalue weighted by molar-refractivity contribution is 7.98. The predicted octanol–water partition coefficient (Wildman–Crippen LogP) is -2.83. The molecule has 0 aliphatic rings. The van der Waals surface area contributed by atoms with Gasteiger partial charge in [0.15, 0.2) is 5.96 Å². The Bertz CT molecular complexity index is 735. The molecule has 0 spiro atoms. The van der Waals surface area contributed by atoms with Crippen molar-refractivity contribution in [3.05, 3.63) is 0 Å². The van der Waals surface area contributed by atoms with Crippen molar-refractivity contribution in [3.63, 3.8) is 0 Å². The number of aliphatic hydroxyl groups excluding tert-OH is 1. The summed E-state index contributed by atoms with van der Waals surface area (Å²) >= 11 is 1.43. The van der Waals surface area contributed by atoms with E-state index in [0.29, 0.717) is 31.6 Å². The van der Waals surface area contributed by atoms with Gasteiger partial charge in [-0.1, -0.05) is 6.42 Å². The molecule has 0 aromatic carbocycles. The quantitative estimate of drug-likeness (QED) is 0.0463. The van der Waals surface area contributed by atoms with Crippen molar-refractivity contribution in [1.82, 2.24) is 16.0 Å². The van der Waals surface area contributed by atoms with E-state index in [1.807, 2.05) is 6.26 Å². The Labute approximate surface area is 215 Å². The number of carboxylic acid groups (broad SMARTS) is 1. The minimum atomic E-state index is -1.39. The molecule has 0 heterocycles. The number of hydrogen-bond acceptors (Lipinski definition) is 9. The molecule has 5 atom stereocenters. The first-order valence-electron chi connectivity index (χ1n) is 11.8. The lowest BCUT2D eigenvalue weighted by atomic mass is 10.1. The van der Waals surface area contributed by atoms with Gasteiger partial charge in [-0.3, -0.25) is 19.4 Å².